The zero-order valence-corrected chi connectivity index (χ0v) is 28.1. The van der Waals surface area contributed by atoms with Crippen molar-refractivity contribution < 1.29 is 93.4 Å². The van der Waals surface area contributed by atoms with E-state index in [1.807, 2.05) is 0 Å². The molecular formula is C33H40O20. The Labute approximate surface area is 299 Å². The molecule has 53 heavy (non-hydrogen) atoms. The van der Waals surface area contributed by atoms with Crippen molar-refractivity contribution in [1.29, 1.82) is 0 Å². The molecule has 3 aliphatic rings. The van der Waals surface area contributed by atoms with Gasteiger partial charge in [0.05, 0.1) is 40.6 Å². The SMILES string of the molecule is COc1cc(O)c2c(=O)c(O[C@H]3O[C@H](CO[C@@H]4O[C@H](CO)[C@H](O)[C@H](O)[C@H]4O)[C@@H](O)[C@@H]3O[C@@H]3OC[C@](O)(CO)[C@H]3O)c(-c3ccc(O)c(OC)c3)oc2c1. The van der Waals surface area contributed by atoms with Crippen LogP contribution in [0.5, 0.6) is 28.7 Å². The summed E-state index contributed by atoms with van der Waals surface area (Å²) >= 11 is 0. The van der Waals surface area contributed by atoms with Gasteiger partial charge in [-0.1, -0.05) is 0 Å². The van der Waals surface area contributed by atoms with Gasteiger partial charge in [-0.25, -0.2) is 0 Å². The van der Waals surface area contributed by atoms with Crippen LogP contribution in [0.4, 0.5) is 0 Å². The van der Waals surface area contributed by atoms with Crippen molar-refractivity contribution in [1.82, 2.24) is 0 Å². The van der Waals surface area contributed by atoms with Gasteiger partial charge >= 0.3 is 0 Å². The number of fused-ring (bicyclic) bond motifs is 1. The fourth-order valence-electron chi connectivity index (χ4n) is 6.15. The van der Waals surface area contributed by atoms with E-state index in [0.717, 1.165) is 6.07 Å². The summed E-state index contributed by atoms with van der Waals surface area (Å²) in [6, 6.07) is 6.42. The largest absolute Gasteiger partial charge is 0.507 e. The van der Waals surface area contributed by atoms with Crippen molar-refractivity contribution in [2.24, 2.45) is 0 Å². The van der Waals surface area contributed by atoms with Crippen molar-refractivity contribution in [3.63, 3.8) is 0 Å². The molecular weight excluding hydrogens is 716 g/mol. The van der Waals surface area contributed by atoms with Gasteiger partial charge in [0.15, 0.2) is 35.9 Å². The summed E-state index contributed by atoms with van der Waals surface area (Å²) in [5, 5.41) is 103. The van der Waals surface area contributed by atoms with Crippen LogP contribution in [0.1, 0.15) is 0 Å². The maximum atomic E-state index is 14.1. The van der Waals surface area contributed by atoms with E-state index in [9.17, 15) is 55.9 Å². The molecule has 0 unspecified atom stereocenters. The smallest absolute Gasteiger partial charge is 0.239 e. The Morgan fingerprint density at radius 3 is 2.25 bits per heavy atom. The molecule has 20 nitrogen and oxygen atoms in total. The second-order valence-electron chi connectivity index (χ2n) is 12.7. The van der Waals surface area contributed by atoms with Crippen molar-refractivity contribution in [3.8, 4) is 40.1 Å². The lowest BCUT2D eigenvalue weighted by molar-refractivity contribution is -0.306. The average Bonchev–Trinajstić information content (AvgIpc) is 3.60. The number of aromatic hydroxyl groups is 2. The highest BCUT2D eigenvalue weighted by Gasteiger charge is 2.54. The van der Waals surface area contributed by atoms with Crippen LogP contribution in [0.3, 0.4) is 0 Å². The first-order chi connectivity index (χ1) is 25.2. The summed E-state index contributed by atoms with van der Waals surface area (Å²) < 4.78 is 50.6. The number of benzene rings is 2. The Morgan fingerprint density at radius 1 is 0.849 bits per heavy atom. The molecule has 0 aliphatic carbocycles. The quantitative estimate of drug-likeness (QED) is 0.0880. The lowest BCUT2D eigenvalue weighted by Crippen LogP contribution is -2.59. The number of phenols is 2. The van der Waals surface area contributed by atoms with Crippen LogP contribution < -0.4 is 19.6 Å². The third-order valence-electron chi connectivity index (χ3n) is 9.26. The molecule has 12 atom stereocenters. The van der Waals surface area contributed by atoms with Crippen LogP contribution in [-0.4, -0.2) is 165 Å². The number of rotatable bonds is 12. The van der Waals surface area contributed by atoms with E-state index in [2.05, 4.69) is 0 Å². The van der Waals surface area contributed by atoms with Gasteiger partial charge in [-0.05, 0) is 18.2 Å². The van der Waals surface area contributed by atoms with Gasteiger partial charge < -0.3 is 93.4 Å². The zero-order chi connectivity index (χ0) is 38.4. The molecule has 0 spiro atoms. The summed E-state index contributed by atoms with van der Waals surface area (Å²) in [7, 11) is 2.62. The highest BCUT2D eigenvalue weighted by Crippen LogP contribution is 2.41. The highest BCUT2D eigenvalue weighted by molar-refractivity contribution is 5.88. The number of hydrogen-bond donors (Lipinski definition) is 10. The molecule has 292 valence electrons. The molecule has 0 radical (unpaired) electrons. The normalized spacial score (nSPS) is 34.4. The molecule has 4 heterocycles. The first-order valence-corrected chi connectivity index (χ1v) is 16.2. The maximum absolute atomic E-state index is 14.1. The maximum Gasteiger partial charge on any atom is 0.239 e. The van der Waals surface area contributed by atoms with Gasteiger partial charge in [-0.2, -0.15) is 0 Å². The third-order valence-corrected chi connectivity index (χ3v) is 9.26. The van der Waals surface area contributed by atoms with Crippen LogP contribution in [0, 0.1) is 0 Å². The predicted molar refractivity (Wildman–Crippen MR) is 172 cm³/mol. The van der Waals surface area contributed by atoms with E-state index < -0.39 is 117 Å². The van der Waals surface area contributed by atoms with Crippen LogP contribution in [0.25, 0.3) is 22.3 Å². The first kappa shape index (κ1) is 38.8. The molecule has 3 fully saturated rings. The molecule has 10 N–H and O–H groups in total. The molecule has 0 amide bonds. The van der Waals surface area contributed by atoms with Gasteiger partial charge in [0.1, 0.15) is 70.8 Å². The molecule has 1 aromatic heterocycles. The summed E-state index contributed by atoms with van der Waals surface area (Å²) in [4.78, 5) is 14.1. The third kappa shape index (κ3) is 7.22. The Kier molecular flexibility index (Phi) is 11.3. The van der Waals surface area contributed by atoms with E-state index in [1.54, 1.807) is 0 Å². The monoisotopic (exact) mass is 756 g/mol. The Balaban J connectivity index is 1.38. The minimum atomic E-state index is -2.14. The first-order valence-electron chi connectivity index (χ1n) is 16.2. The molecule has 2 aromatic carbocycles. The standard InChI is InChI=1S/C33H40O20/c1-45-13-6-15(37)20-17(7-13)49-26(12-3-4-14(36)16(5-12)46-2)27(23(20)40)52-31-28(53-32-29(43)33(44,10-35)11-48-32)22(39)19(51-31)9-47-30-25(42)24(41)21(38)18(8-34)50-30/h3-7,18-19,21-22,24-25,28-32,34-39,41-44H,8-11H2,1-2H3/t18-,19-,21+,22-,24+,25-,28+,29+,30-,31-,32+,33-/m1/s1. The fourth-order valence-corrected chi connectivity index (χ4v) is 6.15. The number of aliphatic hydroxyl groups is 8. The van der Waals surface area contributed by atoms with Crippen molar-refractivity contribution in [2.45, 2.75) is 73.3 Å². The van der Waals surface area contributed by atoms with E-state index in [0.29, 0.717) is 0 Å². The van der Waals surface area contributed by atoms with Crippen LogP contribution in [-0.2, 0) is 23.7 Å². The molecule has 0 saturated carbocycles. The number of hydrogen-bond acceptors (Lipinski definition) is 20. The van der Waals surface area contributed by atoms with Crippen LogP contribution in [0.2, 0.25) is 0 Å². The number of aliphatic hydroxyl groups excluding tert-OH is 7. The van der Waals surface area contributed by atoms with E-state index in [4.69, 9.17) is 42.3 Å². The topological polar surface area (TPSA) is 306 Å². The van der Waals surface area contributed by atoms with E-state index in [1.165, 1.54) is 38.5 Å². The molecule has 6 rings (SSSR count). The average molecular weight is 757 g/mol. The molecule has 3 saturated heterocycles. The Morgan fingerprint density at radius 2 is 1.58 bits per heavy atom. The highest BCUT2D eigenvalue weighted by atomic mass is 16.8. The van der Waals surface area contributed by atoms with Gasteiger partial charge in [0, 0.05) is 17.7 Å². The number of ether oxygens (including phenoxy) is 8. The van der Waals surface area contributed by atoms with Gasteiger partial charge in [-0.3, -0.25) is 4.79 Å². The Bertz CT molecular complexity index is 1820. The molecule has 0 bridgehead atoms. The van der Waals surface area contributed by atoms with Crippen molar-refractivity contribution >= 4 is 11.0 Å². The van der Waals surface area contributed by atoms with Crippen LogP contribution >= 0.6 is 0 Å². The molecule has 20 heteroatoms. The lowest BCUT2D eigenvalue weighted by atomic mass is 9.99. The summed E-state index contributed by atoms with van der Waals surface area (Å²) in [6.45, 7) is -2.86. The Hall–Kier alpha value is -3.87. The lowest BCUT2D eigenvalue weighted by Gasteiger charge is -2.39. The summed E-state index contributed by atoms with van der Waals surface area (Å²) in [5.41, 5.74) is -3.10. The minimum Gasteiger partial charge on any atom is -0.507 e. The van der Waals surface area contributed by atoms with Crippen LogP contribution in [0.15, 0.2) is 39.5 Å². The van der Waals surface area contributed by atoms with Gasteiger partial charge in [0.2, 0.25) is 17.5 Å². The second-order valence-corrected chi connectivity index (χ2v) is 12.7. The number of phenolic OH excluding ortho intramolecular Hbond substituents is 2. The molecule has 3 aromatic rings. The van der Waals surface area contributed by atoms with Gasteiger partial charge in [-0.15, -0.1) is 0 Å². The summed E-state index contributed by atoms with van der Waals surface area (Å²) in [5.74, 6) is -1.57. The minimum absolute atomic E-state index is 0.0208. The summed E-state index contributed by atoms with van der Waals surface area (Å²) in [6.07, 6.45) is -18.4. The zero-order valence-electron chi connectivity index (χ0n) is 28.1. The van der Waals surface area contributed by atoms with E-state index >= 15 is 0 Å². The fraction of sp³-hybridized carbons (Fsp3) is 0.545. The van der Waals surface area contributed by atoms with E-state index in [-0.39, 0.29) is 39.5 Å². The predicted octanol–water partition coefficient (Wildman–Crippen LogP) is -3.00. The van der Waals surface area contributed by atoms with Gasteiger partial charge in [0.25, 0.3) is 0 Å². The number of methoxy groups -OCH3 is 2. The van der Waals surface area contributed by atoms with Crippen molar-refractivity contribution in [3.05, 3.63) is 40.6 Å². The van der Waals surface area contributed by atoms with Crippen molar-refractivity contribution in [2.75, 3.05) is 40.6 Å². The second kappa shape index (κ2) is 15.5. The molecule has 3 aliphatic heterocycles.